The van der Waals surface area contributed by atoms with Crippen LogP contribution in [0.3, 0.4) is 0 Å². The van der Waals surface area contributed by atoms with Crippen molar-refractivity contribution in [2.75, 3.05) is 25.5 Å². The number of nitrogens with one attached hydrogen (secondary N) is 2. The number of benzene rings is 1. The van der Waals surface area contributed by atoms with Crippen LogP contribution in [0.2, 0.25) is 0 Å². The van der Waals surface area contributed by atoms with Crippen LogP contribution in [0.5, 0.6) is 0 Å². The number of hydrogen-bond acceptors (Lipinski definition) is 5. The molecule has 0 atom stereocenters. The van der Waals surface area contributed by atoms with E-state index in [9.17, 15) is 13.2 Å². The summed E-state index contributed by atoms with van der Waals surface area (Å²) in [4.78, 5) is 18.3. The smallest absolute Gasteiger partial charge is 0.244 e. The molecule has 1 aromatic heterocycles. The summed E-state index contributed by atoms with van der Waals surface area (Å²) in [5.41, 5.74) is 1.64. The maximum Gasteiger partial charge on any atom is 0.244 e. The lowest BCUT2D eigenvalue weighted by atomic mass is 10.2. The van der Waals surface area contributed by atoms with Crippen LogP contribution in [0.15, 0.2) is 53.6 Å². The molecule has 0 saturated heterocycles. The van der Waals surface area contributed by atoms with Crippen molar-refractivity contribution in [1.82, 2.24) is 15.0 Å². The van der Waals surface area contributed by atoms with Gasteiger partial charge in [0, 0.05) is 39.5 Å². The zero-order valence-corrected chi connectivity index (χ0v) is 16.5. The monoisotopic (exact) mass is 388 g/mol. The summed E-state index contributed by atoms with van der Waals surface area (Å²) >= 11 is 0. The number of aromatic nitrogens is 1. The lowest BCUT2D eigenvalue weighted by molar-refractivity contribution is -0.116. The van der Waals surface area contributed by atoms with Crippen LogP contribution in [0.4, 0.5) is 5.82 Å². The van der Waals surface area contributed by atoms with E-state index in [4.69, 9.17) is 0 Å². The predicted molar refractivity (Wildman–Crippen MR) is 107 cm³/mol. The molecule has 2 rings (SSSR count). The predicted octanol–water partition coefficient (Wildman–Crippen LogP) is 1.78. The number of anilines is 1. The van der Waals surface area contributed by atoms with Gasteiger partial charge in [0.05, 0.1) is 4.90 Å². The number of amides is 1. The van der Waals surface area contributed by atoms with E-state index in [1.807, 2.05) is 31.1 Å². The topological polar surface area (TPSA) is 91.4 Å². The van der Waals surface area contributed by atoms with E-state index >= 15 is 0 Å². The fourth-order valence-corrected chi connectivity index (χ4v) is 3.28. The van der Waals surface area contributed by atoms with Gasteiger partial charge in [-0.15, -0.1) is 0 Å². The third-order valence-electron chi connectivity index (χ3n) is 3.69. The van der Waals surface area contributed by atoms with Gasteiger partial charge in [-0.3, -0.25) is 4.79 Å². The molecule has 0 aliphatic carbocycles. The van der Waals surface area contributed by atoms with Gasteiger partial charge in [0.15, 0.2) is 0 Å². The van der Waals surface area contributed by atoms with Gasteiger partial charge in [-0.2, -0.15) is 0 Å². The first-order valence-electron chi connectivity index (χ1n) is 8.49. The van der Waals surface area contributed by atoms with Gasteiger partial charge in [0.1, 0.15) is 5.82 Å². The first-order valence-corrected chi connectivity index (χ1v) is 9.98. The SMILES string of the molecule is CCNS(=O)(=O)c1ccc(/C=C/C(=O)NCc2ccc(N(C)C)nc2)cc1. The van der Waals surface area contributed by atoms with E-state index < -0.39 is 10.0 Å². The fourth-order valence-electron chi connectivity index (χ4n) is 2.24. The highest BCUT2D eigenvalue weighted by Gasteiger charge is 2.11. The molecular weight excluding hydrogens is 364 g/mol. The van der Waals surface area contributed by atoms with Crippen molar-refractivity contribution in [1.29, 1.82) is 0 Å². The fraction of sp³-hybridized carbons (Fsp3) is 0.263. The molecule has 0 radical (unpaired) electrons. The van der Waals surface area contributed by atoms with Crippen LogP contribution in [0.1, 0.15) is 18.1 Å². The Balaban J connectivity index is 1.90. The van der Waals surface area contributed by atoms with Crippen LogP contribution < -0.4 is 14.9 Å². The molecule has 0 unspecified atom stereocenters. The van der Waals surface area contributed by atoms with Crippen LogP contribution in [-0.4, -0.2) is 39.9 Å². The molecule has 1 amide bonds. The highest BCUT2D eigenvalue weighted by molar-refractivity contribution is 7.89. The van der Waals surface area contributed by atoms with Crippen LogP contribution in [0, 0.1) is 0 Å². The molecule has 8 heteroatoms. The van der Waals surface area contributed by atoms with Gasteiger partial charge < -0.3 is 10.2 Å². The number of pyridine rings is 1. The maximum atomic E-state index is 11.9. The highest BCUT2D eigenvalue weighted by atomic mass is 32.2. The second kappa shape index (κ2) is 9.29. The van der Waals surface area contributed by atoms with Crippen molar-refractivity contribution in [3.05, 3.63) is 59.8 Å². The average molecular weight is 388 g/mol. The summed E-state index contributed by atoms with van der Waals surface area (Å²) in [6, 6.07) is 10.1. The minimum absolute atomic E-state index is 0.194. The van der Waals surface area contributed by atoms with E-state index in [2.05, 4.69) is 15.0 Å². The summed E-state index contributed by atoms with van der Waals surface area (Å²) in [6.45, 7) is 2.43. The second-order valence-corrected chi connectivity index (χ2v) is 7.81. The van der Waals surface area contributed by atoms with Crippen molar-refractivity contribution >= 4 is 27.8 Å². The van der Waals surface area contributed by atoms with E-state index in [1.54, 1.807) is 31.3 Å². The summed E-state index contributed by atoms with van der Waals surface area (Å²) < 4.78 is 26.2. The summed E-state index contributed by atoms with van der Waals surface area (Å²) in [5.74, 6) is 0.612. The van der Waals surface area contributed by atoms with Crippen LogP contribution >= 0.6 is 0 Å². The Morgan fingerprint density at radius 3 is 2.41 bits per heavy atom. The number of rotatable bonds is 8. The lowest BCUT2D eigenvalue weighted by Gasteiger charge is -2.11. The number of carbonyl (C=O) groups is 1. The molecule has 1 heterocycles. The molecule has 0 aliphatic heterocycles. The zero-order chi connectivity index (χ0) is 19.9. The van der Waals surface area contributed by atoms with Crippen LogP contribution in [-0.2, 0) is 21.4 Å². The molecular formula is C19H24N4O3S. The molecule has 144 valence electrons. The van der Waals surface area contributed by atoms with Gasteiger partial charge in [-0.05, 0) is 35.4 Å². The first kappa shape index (κ1) is 20.6. The Kier molecular flexibility index (Phi) is 7.09. The highest BCUT2D eigenvalue weighted by Crippen LogP contribution is 2.11. The van der Waals surface area contributed by atoms with E-state index in [1.165, 1.54) is 18.2 Å². The van der Waals surface area contributed by atoms with Gasteiger partial charge >= 0.3 is 0 Å². The third kappa shape index (κ3) is 6.19. The molecule has 0 saturated carbocycles. The van der Waals surface area contributed by atoms with Crippen molar-refractivity contribution in [3.63, 3.8) is 0 Å². The normalized spacial score (nSPS) is 11.5. The summed E-state index contributed by atoms with van der Waals surface area (Å²) in [5, 5.41) is 2.79. The van der Waals surface area contributed by atoms with Crippen molar-refractivity contribution in [2.24, 2.45) is 0 Å². The minimum atomic E-state index is -3.47. The zero-order valence-electron chi connectivity index (χ0n) is 15.6. The molecule has 0 spiro atoms. The number of sulfonamides is 1. The van der Waals surface area contributed by atoms with Gasteiger partial charge in [0.2, 0.25) is 15.9 Å². The standard InChI is InChI=1S/C19H24N4O3S/c1-4-22-27(25,26)17-9-5-15(6-10-17)8-12-19(24)21-14-16-7-11-18(20-13-16)23(2)3/h5-13,22H,4,14H2,1-3H3,(H,21,24)/b12-8+. The van der Waals surface area contributed by atoms with Crippen molar-refractivity contribution < 1.29 is 13.2 Å². The number of carbonyl (C=O) groups excluding carboxylic acids is 1. The largest absolute Gasteiger partial charge is 0.363 e. The Hall–Kier alpha value is -2.71. The molecule has 0 aliphatic rings. The second-order valence-electron chi connectivity index (χ2n) is 6.04. The molecule has 27 heavy (non-hydrogen) atoms. The summed E-state index contributed by atoms with van der Waals surface area (Å²) in [7, 11) is 0.359. The lowest BCUT2D eigenvalue weighted by Crippen LogP contribution is -2.23. The molecule has 2 N–H and O–H groups in total. The quantitative estimate of drug-likeness (QED) is 0.673. The first-order chi connectivity index (χ1) is 12.8. The van der Waals surface area contributed by atoms with Crippen molar-refractivity contribution in [2.45, 2.75) is 18.4 Å². The molecule has 0 bridgehead atoms. The third-order valence-corrected chi connectivity index (χ3v) is 5.25. The Morgan fingerprint density at radius 1 is 1.15 bits per heavy atom. The maximum absolute atomic E-state index is 11.9. The number of nitrogens with zero attached hydrogens (tertiary/aromatic N) is 2. The Labute approximate surface area is 160 Å². The molecule has 1 aromatic carbocycles. The van der Waals surface area contributed by atoms with Crippen molar-refractivity contribution in [3.8, 4) is 0 Å². The number of hydrogen-bond donors (Lipinski definition) is 2. The molecule has 7 nitrogen and oxygen atoms in total. The van der Waals surface area contributed by atoms with Crippen LogP contribution in [0.25, 0.3) is 6.08 Å². The van der Waals surface area contributed by atoms with E-state index in [0.717, 1.165) is 16.9 Å². The van der Waals surface area contributed by atoms with Gasteiger partial charge in [-0.1, -0.05) is 25.1 Å². The van der Waals surface area contributed by atoms with E-state index in [-0.39, 0.29) is 10.8 Å². The summed E-state index contributed by atoms with van der Waals surface area (Å²) in [6.07, 6.45) is 4.77. The van der Waals surface area contributed by atoms with Gasteiger partial charge in [-0.25, -0.2) is 18.1 Å². The van der Waals surface area contributed by atoms with Gasteiger partial charge in [0.25, 0.3) is 0 Å². The minimum Gasteiger partial charge on any atom is -0.363 e. The molecule has 0 fully saturated rings. The van der Waals surface area contributed by atoms with E-state index in [0.29, 0.717) is 13.1 Å². The Bertz CT molecular complexity index is 890. The average Bonchev–Trinajstić information content (AvgIpc) is 2.65. The molecule has 2 aromatic rings. The Morgan fingerprint density at radius 2 is 1.85 bits per heavy atom.